The van der Waals surface area contributed by atoms with Crippen LogP contribution in [0.1, 0.15) is 60.8 Å². The molecule has 1 saturated carbocycles. The molecule has 1 saturated heterocycles. The lowest BCUT2D eigenvalue weighted by Gasteiger charge is -2.45. The topological polar surface area (TPSA) is 119 Å². The molecular formula is C40H44F3N3O6. The monoisotopic (exact) mass is 719 g/mol. The second kappa shape index (κ2) is 16.3. The smallest absolute Gasteiger partial charge is 0.305 e. The van der Waals surface area contributed by atoms with Gasteiger partial charge in [-0.1, -0.05) is 48.5 Å². The lowest BCUT2D eigenvalue weighted by molar-refractivity contribution is -0.141. The molecule has 3 aromatic rings. The molecule has 12 heteroatoms. The fourth-order valence-corrected chi connectivity index (χ4v) is 7.26. The molecule has 2 heterocycles. The van der Waals surface area contributed by atoms with E-state index in [0.717, 1.165) is 35.6 Å². The van der Waals surface area contributed by atoms with Crippen LogP contribution >= 0.6 is 0 Å². The molecule has 2 amide bonds. The highest BCUT2D eigenvalue weighted by Crippen LogP contribution is 2.37. The van der Waals surface area contributed by atoms with Gasteiger partial charge in [0.15, 0.2) is 17.4 Å². The van der Waals surface area contributed by atoms with Gasteiger partial charge in [-0.2, -0.15) is 4.39 Å². The molecule has 2 aliphatic heterocycles. The number of amides is 2. The van der Waals surface area contributed by atoms with Crippen LogP contribution in [0.3, 0.4) is 0 Å². The van der Waals surface area contributed by atoms with E-state index in [2.05, 4.69) is 24.4 Å². The van der Waals surface area contributed by atoms with Crippen molar-refractivity contribution < 1.29 is 42.5 Å². The molecule has 3 aromatic carbocycles. The molecule has 276 valence electrons. The predicted octanol–water partition coefficient (Wildman–Crippen LogP) is 5.21. The molecule has 6 rings (SSSR count). The van der Waals surface area contributed by atoms with Gasteiger partial charge in [0.2, 0.25) is 11.7 Å². The summed E-state index contributed by atoms with van der Waals surface area (Å²) in [5.41, 5.74) is 5.69. The van der Waals surface area contributed by atoms with Crippen LogP contribution < -0.4 is 10.1 Å². The maximum Gasteiger partial charge on any atom is 0.305 e. The highest BCUT2D eigenvalue weighted by molar-refractivity contribution is 6.03. The average Bonchev–Trinajstić information content (AvgIpc) is 3.95. The Morgan fingerprint density at radius 3 is 2.40 bits per heavy atom. The molecule has 0 aromatic heterocycles. The highest BCUT2D eigenvalue weighted by atomic mass is 19.2. The van der Waals surface area contributed by atoms with E-state index in [9.17, 15) is 32.7 Å². The lowest BCUT2D eigenvalue weighted by Crippen LogP contribution is -2.62. The van der Waals surface area contributed by atoms with E-state index in [-0.39, 0.29) is 43.5 Å². The van der Waals surface area contributed by atoms with Gasteiger partial charge in [-0.3, -0.25) is 14.4 Å². The molecule has 3 N–H and O–H groups in total. The Hall–Kier alpha value is -4.68. The summed E-state index contributed by atoms with van der Waals surface area (Å²) in [5.74, 6) is -5.83. The Morgan fingerprint density at radius 2 is 1.69 bits per heavy atom. The predicted molar refractivity (Wildman–Crippen MR) is 188 cm³/mol. The van der Waals surface area contributed by atoms with Crippen LogP contribution in [0.4, 0.5) is 13.2 Å². The van der Waals surface area contributed by atoms with Gasteiger partial charge in [-0.25, -0.2) is 8.78 Å². The maximum absolute atomic E-state index is 14.7. The van der Waals surface area contributed by atoms with E-state index in [4.69, 9.17) is 9.84 Å². The molecule has 1 aliphatic carbocycles. The van der Waals surface area contributed by atoms with E-state index in [1.54, 1.807) is 4.90 Å². The second-order valence-electron chi connectivity index (χ2n) is 14.0. The van der Waals surface area contributed by atoms with E-state index in [1.807, 2.05) is 41.3 Å². The number of nitrogens with one attached hydrogen (secondary N) is 1. The van der Waals surface area contributed by atoms with Gasteiger partial charge in [-0.05, 0) is 85.4 Å². The van der Waals surface area contributed by atoms with Crippen LogP contribution in [0.5, 0.6) is 5.75 Å². The molecule has 2 bridgehead atoms. The molecule has 52 heavy (non-hydrogen) atoms. The molecule has 3 atom stereocenters. The Balaban J connectivity index is 1.22. The number of hydrogen-bond donors (Lipinski definition) is 3. The number of carbonyl (C=O) groups excluding carboxylic acids is 2. The number of ether oxygens (including phenoxy) is 1. The van der Waals surface area contributed by atoms with Crippen LogP contribution in [0.25, 0.3) is 5.57 Å². The van der Waals surface area contributed by atoms with Crippen LogP contribution in [0.2, 0.25) is 0 Å². The van der Waals surface area contributed by atoms with Crippen molar-refractivity contribution >= 4 is 23.4 Å². The van der Waals surface area contributed by atoms with Gasteiger partial charge in [0, 0.05) is 37.3 Å². The third-order valence-corrected chi connectivity index (χ3v) is 10.1. The number of halogens is 3. The lowest BCUT2D eigenvalue weighted by atomic mass is 9.82. The minimum atomic E-state index is -1.35. The minimum absolute atomic E-state index is 0.0139. The van der Waals surface area contributed by atoms with Gasteiger partial charge in [0.05, 0.1) is 31.6 Å². The number of aliphatic hydroxyl groups excluding tert-OH is 1. The fraction of sp³-hybridized carbons (Fsp3) is 0.425. The number of carboxylic acids is 1. The minimum Gasteiger partial charge on any atom is -0.488 e. The Bertz CT molecular complexity index is 1830. The Morgan fingerprint density at radius 1 is 0.962 bits per heavy atom. The summed E-state index contributed by atoms with van der Waals surface area (Å²) in [4.78, 5) is 42.6. The van der Waals surface area contributed by atoms with Crippen molar-refractivity contribution in [2.45, 2.75) is 82.5 Å². The average molecular weight is 720 g/mol. The van der Waals surface area contributed by atoms with Crippen molar-refractivity contribution in [3.8, 4) is 5.75 Å². The van der Waals surface area contributed by atoms with E-state index >= 15 is 0 Å². The van der Waals surface area contributed by atoms with E-state index < -0.39 is 47.7 Å². The van der Waals surface area contributed by atoms with Gasteiger partial charge < -0.3 is 30.1 Å². The zero-order chi connectivity index (χ0) is 36.9. The quantitative estimate of drug-likeness (QED) is 0.146. The number of piperazine rings is 1. The van der Waals surface area contributed by atoms with Crippen LogP contribution in [-0.2, 0) is 27.2 Å². The molecule has 0 radical (unpaired) electrons. The summed E-state index contributed by atoms with van der Waals surface area (Å²) in [7, 11) is 0. The second-order valence-corrected chi connectivity index (χ2v) is 14.0. The number of rotatable bonds is 15. The summed E-state index contributed by atoms with van der Waals surface area (Å²) < 4.78 is 46.7. The summed E-state index contributed by atoms with van der Waals surface area (Å²) in [6, 6.07) is 17.0. The van der Waals surface area contributed by atoms with Crippen molar-refractivity contribution in [3.63, 3.8) is 0 Å². The third-order valence-electron chi connectivity index (χ3n) is 10.1. The molecule has 3 aliphatic rings. The molecule has 2 fully saturated rings. The van der Waals surface area contributed by atoms with Crippen molar-refractivity contribution in [2.24, 2.45) is 0 Å². The van der Waals surface area contributed by atoms with Crippen molar-refractivity contribution in [1.29, 1.82) is 0 Å². The number of nitrogens with zero attached hydrogens (tertiary/aromatic N) is 2. The largest absolute Gasteiger partial charge is 0.488 e. The number of aryl methyl sites for hydroxylation is 2. The molecular weight excluding hydrogens is 675 g/mol. The van der Waals surface area contributed by atoms with Crippen LogP contribution in [0.15, 0.2) is 66.2 Å². The molecule has 0 spiro atoms. The van der Waals surface area contributed by atoms with Crippen molar-refractivity contribution in [3.05, 3.63) is 106 Å². The summed E-state index contributed by atoms with van der Waals surface area (Å²) in [6.45, 7) is 3.16. The normalized spacial score (nSPS) is 19.0. The number of aliphatic hydroxyl groups is 1. The van der Waals surface area contributed by atoms with E-state index in [0.29, 0.717) is 50.4 Å². The van der Waals surface area contributed by atoms with Crippen LogP contribution in [-0.4, -0.2) is 88.3 Å². The maximum atomic E-state index is 14.7. The first kappa shape index (κ1) is 37.1. The van der Waals surface area contributed by atoms with Gasteiger partial charge in [0.1, 0.15) is 0 Å². The van der Waals surface area contributed by atoms with Gasteiger partial charge in [-0.15, -0.1) is 0 Å². The zero-order valence-corrected chi connectivity index (χ0v) is 29.1. The fourth-order valence-electron chi connectivity index (χ4n) is 7.26. The first-order valence-corrected chi connectivity index (χ1v) is 17.9. The number of benzene rings is 3. The summed E-state index contributed by atoms with van der Waals surface area (Å²) in [6.07, 6.45) is 1.87. The number of aliphatic carboxylic acids is 1. The van der Waals surface area contributed by atoms with Crippen LogP contribution in [0, 0.1) is 24.4 Å². The molecule has 0 unspecified atom stereocenters. The first-order chi connectivity index (χ1) is 25.0. The van der Waals surface area contributed by atoms with Gasteiger partial charge in [0.25, 0.3) is 5.91 Å². The highest BCUT2D eigenvalue weighted by Gasteiger charge is 2.43. The number of carbonyl (C=O) groups is 3. The summed E-state index contributed by atoms with van der Waals surface area (Å²) >= 11 is 0. The zero-order valence-electron chi connectivity index (χ0n) is 29.1. The Kier molecular flexibility index (Phi) is 11.6. The standard InChI is InChI=1S/C40H44F3N3O6/c1-24-5-2-3-7-26(24)16-17-46(29-12-13-29)40(51)37-31(19-28-22-45(23-34(37)44-28)35(48)20-30(47)21-36(49)50)27-10-8-25(9-11-27)6-4-18-52-39-33(42)15-14-32(41)38(39)43/h2-3,5,7-11,14-15,28-30,34,44,47H,4,6,12-13,16-23H2,1H3,(H,49,50)/t28-,30+,34-/m1/s1. The SMILES string of the molecule is Cc1ccccc1CCN(C(=O)C1=C(c2ccc(CCCOc3c(F)ccc(F)c3F)cc2)C[C@@H]2CN(C(=O)C[C@H](O)CC(=O)O)C[C@H]1N2)C1CC1. The third kappa shape index (κ3) is 8.85. The molecule has 9 nitrogen and oxygen atoms in total. The number of carboxylic acid groups (broad SMARTS) is 1. The number of fused-ring (bicyclic) bond motifs is 2. The van der Waals surface area contributed by atoms with Gasteiger partial charge >= 0.3 is 5.97 Å². The van der Waals surface area contributed by atoms with Crippen molar-refractivity contribution in [2.75, 3.05) is 26.2 Å². The van der Waals surface area contributed by atoms with E-state index in [1.165, 1.54) is 11.1 Å². The number of hydrogen-bond acceptors (Lipinski definition) is 6. The Labute approximate surface area is 301 Å². The van der Waals surface area contributed by atoms with Crippen molar-refractivity contribution in [1.82, 2.24) is 15.1 Å². The first-order valence-electron chi connectivity index (χ1n) is 17.9. The summed E-state index contributed by atoms with van der Waals surface area (Å²) in [5, 5.41) is 22.8.